The number of ether oxygens (including phenoxy) is 1. The van der Waals surface area contributed by atoms with Crippen molar-refractivity contribution in [3.8, 4) is 0 Å². The molecule has 0 radical (unpaired) electrons. The first kappa shape index (κ1) is 19.2. The van der Waals surface area contributed by atoms with E-state index in [0.29, 0.717) is 5.56 Å². The largest absolute Gasteiger partial charge is 0.379 e. The van der Waals surface area contributed by atoms with Crippen LogP contribution in [-0.2, 0) is 11.3 Å². The standard InChI is InChI=1S/C22H21N5O2S/c1-15(28)17-2-5-21-24-25-22(27(21)14-17)30-19-3-4-20-18(11-19)10-16(12-23-20)13-26-6-8-29-9-7-26/h2-5,10-12,14H,6-9,13H2,1H3. The molecule has 0 N–H and O–H groups in total. The molecule has 1 aliphatic rings. The second-order valence-corrected chi connectivity index (χ2v) is 8.41. The summed E-state index contributed by atoms with van der Waals surface area (Å²) in [5.74, 6) is 0.0196. The van der Waals surface area contributed by atoms with E-state index in [1.54, 1.807) is 19.2 Å². The van der Waals surface area contributed by atoms with Gasteiger partial charge in [0.2, 0.25) is 0 Å². The Bertz CT molecular complexity index is 1230. The Morgan fingerprint density at radius 3 is 2.83 bits per heavy atom. The molecule has 4 aromatic rings. The van der Waals surface area contributed by atoms with Gasteiger partial charge in [-0.2, -0.15) is 0 Å². The zero-order valence-electron chi connectivity index (χ0n) is 16.6. The van der Waals surface area contributed by atoms with Crippen molar-refractivity contribution in [2.24, 2.45) is 0 Å². The number of pyridine rings is 2. The van der Waals surface area contributed by atoms with Crippen LogP contribution < -0.4 is 0 Å². The van der Waals surface area contributed by atoms with E-state index in [2.05, 4.69) is 32.2 Å². The van der Waals surface area contributed by atoms with Crippen molar-refractivity contribution in [1.29, 1.82) is 0 Å². The Morgan fingerprint density at radius 1 is 1.13 bits per heavy atom. The molecule has 1 fully saturated rings. The number of morpholine rings is 1. The number of fused-ring (bicyclic) bond motifs is 2. The Balaban J connectivity index is 1.42. The van der Waals surface area contributed by atoms with Gasteiger partial charge in [0.05, 0.1) is 18.7 Å². The van der Waals surface area contributed by atoms with Crippen LogP contribution in [0.15, 0.2) is 58.8 Å². The summed E-state index contributed by atoms with van der Waals surface area (Å²) in [5, 5.41) is 10.3. The fourth-order valence-corrected chi connectivity index (χ4v) is 4.43. The Morgan fingerprint density at radius 2 is 2.00 bits per heavy atom. The summed E-state index contributed by atoms with van der Waals surface area (Å²) in [7, 11) is 0. The molecular weight excluding hydrogens is 398 g/mol. The average molecular weight is 420 g/mol. The number of nitrogens with zero attached hydrogens (tertiary/aromatic N) is 5. The quantitative estimate of drug-likeness (QED) is 0.459. The topological polar surface area (TPSA) is 72.6 Å². The zero-order chi connectivity index (χ0) is 20.5. The molecule has 0 spiro atoms. The van der Waals surface area contributed by atoms with Crippen LogP contribution in [-0.4, -0.2) is 56.6 Å². The van der Waals surface area contributed by atoms with E-state index in [1.165, 1.54) is 17.3 Å². The molecule has 1 saturated heterocycles. The van der Waals surface area contributed by atoms with Crippen LogP contribution in [0.1, 0.15) is 22.8 Å². The third kappa shape index (κ3) is 3.94. The molecule has 0 amide bonds. The average Bonchev–Trinajstić information content (AvgIpc) is 3.16. The highest BCUT2D eigenvalue weighted by Crippen LogP contribution is 2.29. The minimum absolute atomic E-state index is 0.0196. The number of ketones is 1. The molecule has 0 bridgehead atoms. The summed E-state index contributed by atoms with van der Waals surface area (Å²) in [5.41, 5.74) is 3.53. The summed E-state index contributed by atoms with van der Waals surface area (Å²) >= 11 is 1.52. The second kappa shape index (κ2) is 8.14. The lowest BCUT2D eigenvalue weighted by atomic mass is 10.1. The van der Waals surface area contributed by atoms with Crippen molar-refractivity contribution in [1.82, 2.24) is 24.5 Å². The number of hydrogen-bond acceptors (Lipinski definition) is 7. The SMILES string of the molecule is CC(=O)c1ccc2nnc(Sc3ccc4ncc(CN5CCOCC5)cc4c3)n2c1. The van der Waals surface area contributed by atoms with E-state index in [0.717, 1.165) is 59.5 Å². The molecule has 1 aromatic carbocycles. The van der Waals surface area contributed by atoms with Crippen molar-refractivity contribution in [2.75, 3.05) is 26.3 Å². The van der Waals surface area contributed by atoms with Gasteiger partial charge < -0.3 is 4.74 Å². The zero-order valence-corrected chi connectivity index (χ0v) is 17.4. The van der Waals surface area contributed by atoms with Gasteiger partial charge in [-0.25, -0.2) is 0 Å². The van der Waals surface area contributed by atoms with Gasteiger partial charge in [0.15, 0.2) is 16.6 Å². The minimum atomic E-state index is 0.0196. The summed E-state index contributed by atoms with van der Waals surface area (Å²) in [6, 6.07) is 12.0. The number of Topliss-reactive ketones (excluding diaryl/α,β-unsaturated/α-hetero) is 1. The summed E-state index contributed by atoms with van der Waals surface area (Å²) < 4.78 is 7.29. The molecule has 152 valence electrons. The molecule has 0 saturated carbocycles. The number of rotatable bonds is 5. The van der Waals surface area contributed by atoms with Crippen molar-refractivity contribution < 1.29 is 9.53 Å². The van der Waals surface area contributed by atoms with Crippen molar-refractivity contribution in [2.45, 2.75) is 23.5 Å². The number of carbonyl (C=O) groups excluding carboxylic acids is 1. The van der Waals surface area contributed by atoms with Gasteiger partial charge in [-0.1, -0.05) is 0 Å². The minimum Gasteiger partial charge on any atom is -0.379 e. The molecule has 1 aliphatic heterocycles. The van der Waals surface area contributed by atoms with Gasteiger partial charge in [-0.05, 0) is 60.6 Å². The molecule has 0 unspecified atom stereocenters. The van der Waals surface area contributed by atoms with E-state index >= 15 is 0 Å². The summed E-state index contributed by atoms with van der Waals surface area (Å²) in [6.07, 6.45) is 3.75. The molecule has 8 heteroatoms. The molecule has 7 nitrogen and oxygen atoms in total. The highest BCUT2D eigenvalue weighted by atomic mass is 32.2. The van der Waals surface area contributed by atoms with Crippen LogP contribution in [0.4, 0.5) is 0 Å². The monoisotopic (exact) mass is 419 g/mol. The van der Waals surface area contributed by atoms with Gasteiger partial charge in [0, 0.05) is 47.9 Å². The normalized spacial score (nSPS) is 15.1. The van der Waals surface area contributed by atoms with Crippen LogP contribution in [0.3, 0.4) is 0 Å². The molecule has 3 aromatic heterocycles. The first-order valence-electron chi connectivity index (χ1n) is 9.88. The van der Waals surface area contributed by atoms with Crippen LogP contribution in [0.25, 0.3) is 16.6 Å². The van der Waals surface area contributed by atoms with E-state index in [4.69, 9.17) is 4.74 Å². The predicted molar refractivity (Wildman–Crippen MR) is 115 cm³/mol. The van der Waals surface area contributed by atoms with Crippen LogP contribution in [0.5, 0.6) is 0 Å². The van der Waals surface area contributed by atoms with Crippen molar-refractivity contribution in [3.63, 3.8) is 0 Å². The Hall–Kier alpha value is -2.81. The molecule has 5 rings (SSSR count). The van der Waals surface area contributed by atoms with E-state index in [-0.39, 0.29) is 5.78 Å². The maximum absolute atomic E-state index is 11.7. The molecule has 0 aliphatic carbocycles. The van der Waals surface area contributed by atoms with Crippen molar-refractivity contribution >= 4 is 34.1 Å². The number of aromatic nitrogens is 4. The maximum atomic E-state index is 11.7. The van der Waals surface area contributed by atoms with Gasteiger partial charge in [0.25, 0.3) is 0 Å². The highest BCUT2D eigenvalue weighted by molar-refractivity contribution is 7.99. The number of hydrogen-bond donors (Lipinski definition) is 0. The molecule has 30 heavy (non-hydrogen) atoms. The number of carbonyl (C=O) groups is 1. The number of benzene rings is 1. The third-order valence-electron chi connectivity index (χ3n) is 5.21. The molecule has 0 atom stereocenters. The predicted octanol–water partition coefficient (Wildman–Crippen LogP) is 3.46. The van der Waals surface area contributed by atoms with Crippen LogP contribution in [0.2, 0.25) is 0 Å². The van der Waals surface area contributed by atoms with Gasteiger partial charge in [-0.3, -0.25) is 19.1 Å². The highest BCUT2D eigenvalue weighted by Gasteiger charge is 2.13. The fourth-order valence-electron chi connectivity index (χ4n) is 3.58. The van der Waals surface area contributed by atoms with E-state index in [1.807, 2.05) is 28.8 Å². The van der Waals surface area contributed by atoms with E-state index in [9.17, 15) is 4.79 Å². The Labute approximate surface area is 178 Å². The van der Waals surface area contributed by atoms with Crippen LogP contribution in [0, 0.1) is 0 Å². The lowest BCUT2D eigenvalue weighted by Gasteiger charge is -2.26. The summed E-state index contributed by atoms with van der Waals surface area (Å²) in [6.45, 7) is 5.93. The van der Waals surface area contributed by atoms with Gasteiger partial charge >= 0.3 is 0 Å². The molecular formula is C22H21N5O2S. The van der Waals surface area contributed by atoms with Crippen molar-refractivity contribution in [3.05, 3.63) is 59.9 Å². The first-order chi connectivity index (χ1) is 14.7. The third-order valence-corrected chi connectivity index (χ3v) is 6.16. The lowest BCUT2D eigenvalue weighted by Crippen LogP contribution is -2.35. The maximum Gasteiger partial charge on any atom is 0.200 e. The smallest absolute Gasteiger partial charge is 0.200 e. The van der Waals surface area contributed by atoms with Gasteiger partial charge in [0.1, 0.15) is 0 Å². The first-order valence-corrected chi connectivity index (χ1v) is 10.7. The lowest BCUT2D eigenvalue weighted by molar-refractivity contribution is 0.0341. The fraction of sp³-hybridized carbons (Fsp3) is 0.273. The second-order valence-electron chi connectivity index (χ2n) is 7.37. The summed E-state index contributed by atoms with van der Waals surface area (Å²) in [4.78, 5) is 19.8. The Kier molecular flexibility index (Phi) is 5.20. The van der Waals surface area contributed by atoms with E-state index < -0.39 is 0 Å². The van der Waals surface area contributed by atoms with Gasteiger partial charge in [-0.15, -0.1) is 10.2 Å². The van der Waals surface area contributed by atoms with Crippen LogP contribution >= 0.6 is 11.8 Å². The molecule has 4 heterocycles.